The van der Waals surface area contributed by atoms with Crippen LogP contribution in [0.4, 0.5) is 0 Å². The zero-order valence-corrected chi connectivity index (χ0v) is 8.25. The molecule has 0 N–H and O–H groups in total. The van der Waals surface area contributed by atoms with E-state index in [0.29, 0.717) is 5.70 Å². The highest BCUT2D eigenvalue weighted by atomic mass is 15.4. The van der Waals surface area contributed by atoms with Crippen LogP contribution in [-0.2, 0) is 0 Å². The van der Waals surface area contributed by atoms with E-state index in [1.54, 1.807) is 17.3 Å². The van der Waals surface area contributed by atoms with Crippen molar-refractivity contribution in [1.29, 1.82) is 0 Å². The van der Waals surface area contributed by atoms with Crippen molar-refractivity contribution in [2.24, 2.45) is 5.10 Å². The Hall–Kier alpha value is -1.31. The molecule has 0 aliphatic carbocycles. The number of allylic oxidation sites excluding steroid dienone is 2. The van der Waals surface area contributed by atoms with Gasteiger partial charge < -0.3 is 0 Å². The molecule has 0 bridgehead atoms. The number of nitrogens with zero attached hydrogens (tertiary/aromatic N) is 2. The molecule has 0 fully saturated rings. The molecule has 0 unspecified atom stereocenters. The molecular weight excluding hydrogens is 148 g/mol. The van der Waals surface area contributed by atoms with E-state index in [0.717, 1.165) is 0 Å². The molecule has 0 aromatic carbocycles. The van der Waals surface area contributed by atoms with Crippen LogP contribution in [0.3, 0.4) is 0 Å². The van der Waals surface area contributed by atoms with E-state index in [9.17, 15) is 0 Å². The lowest BCUT2D eigenvalue weighted by Crippen LogP contribution is -2.04. The van der Waals surface area contributed by atoms with Crippen molar-refractivity contribution in [3.63, 3.8) is 0 Å². The van der Waals surface area contributed by atoms with Gasteiger partial charge in [0.1, 0.15) is 0 Å². The summed E-state index contributed by atoms with van der Waals surface area (Å²) in [7, 11) is 0. The molecule has 0 aliphatic rings. The highest BCUT2D eigenvalue weighted by molar-refractivity contribution is 5.25. The maximum Gasteiger partial charge on any atom is 0.0567 e. The summed E-state index contributed by atoms with van der Waals surface area (Å²) >= 11 is 0. The van der Waals surface area contributed by atoms with Crippen molar-refractivity contribution >= 4 is 6.72 Å². The van der Waals surface area contributed by atoms with Crippen molar-refractivity contribution in [2.75, 3.05) is 0 Å². The Morgan fingerprint density at radius 2 is 1.92 bits per heavy atom. The van der Waals surface area contributed by atoms with Crippen molar-refractivity contribution in [2.45, 2.75) is 20.8 Å². The fourth-order valence-corrected chi connectivity index (χ4v) is 0.468. The normalized spacial score (nSPS) is 8.25. The first-order valence-corrected chi connectivity index (χ1v) is 3.96. The fraction of sp³-hybridized carbons (Fsp3) is 0.300. The standard InChI is InChI=1S/C8H12N2.C2H6/c1-5-7-10(9-4)8(3)6-2;1-2/h5-7H,2-4H2,1H3;1-2H3/b7-5-;. The van der Waals surface area contributed by atoms with Gasteiger partial charge in [0.05, 0.1) is 5.70 Å². The Balaban J connectivity index is 0. The maximum atomic E-state index is 3.69. The molecule has 12 heavy (non-hydrogen) atoms. The van der Waals surface area contributed by atoms with Gasteiger partial charge in [0, 0.05) is 12.9 Å². The smallest absolute Gasteiger partial charge is 0.0567 e. The third-order valence-electron chi connectivity index (χ3n) is 0.973. The SMILES string of the molecule is C=CC(=C)N(/C=C\C)N=C.CC. The van der Waals surface area contributed by atoms with E-state index in [-0.39, 0.29) is 0 Å². The predicted molar refractivity (Wildman–Crippen MR) is 56.9 cm³/mol. The lowest BCUT2D eigenvalue weighted by atomic mass is 10.4. The van der Waals surface area contributed by atoms with Gasteiger partial charge in [0.25, 0.3) is 0 Å². The number of rotatable bonds is 4. The second kappa shape index (κ2) is 9.69. The van der Waals surface area contributed by atoms with E-state index >= 15 is 0 Å². The average molecular weight is 166 g/mol. The summed E-state index contributed by atoms with van der Waals surface area (Å²) < 4.78 is 0. The first-order valence-electron chi connectivity index (χ1n) is 3.96. The molecule has 0 aliphatic heterocycles. The van der Waals surface area contributed by atoms with Crippen LogP contribution in [0.2, 0.25) is 0 Å². The topological polar surface area (TPSA) is 15.6 Å². The number of hydrogen-bond donors (Lipinski definition) is 0. The molecule has 0 radical (unpaired) electrons. The van der Waals surface area contributed by atoms with Crippen LogP contribution in [0.1, 0.15) is 20.8 Å². The van der Waals surface area contributed by atoms with Crippen LogP contribution >= 0.6 is 0 Å². The summed E-state index contributed by atoms with van der Waals surface area (Å²) in [5.41, 5.74) is 0.716. The largest absolute Gasteiger partial charge is 0.243 e. The van der Waals surface area contributed by atoms with Gasteiger partial charge >= 0.3 is 0 Å². The minimum Gasteiger partial charge on any atom is -0.243 e. The van der Waals surface area contributed by atoms with Gasteiger partial charge in [-0.15, -0.1) is 0 Å². The Kier molecular flexibility index (Phi) is 10.7. The molecule has 0 aromatic rings. The minimum atomic E-state index is 0.716. The minimum absolute atomic E-state index is 0.716. The molecule has 0 rings (SSSR count). The maximum absolute atomic E-state index is 3.69. The molecule has 2 nitrogen and oxygen atoms in total. The van der Waals surface area contributed by atoms with E-state index in [1.807, 2.05) is 26.8 Å². The lowest BCUT2D eigenvalue weighted by molar-refractivity contribution is 0.521. The third-order valence-corrected chi connectivity index (χ3v) is 0.973. The first kappa shape index (κ1) is 13.3. The van der Waals surface area contributed by atoms with E-state index < -0.39 is 0 Å². The molecule has 0 aromatic heterocycles. The Morgan fingerprint density at radius 3 is 2.17 bits per heavy atom. The Bertz CT molecular complexity index is 169. The zero-order valence-electron chi connectivity index (χ0n) is 8.25. The Labute approximate surface area is 75.6 Å². The van der Waals surface area contributed by atoms with Crippen LogP contribution in [0, 0.1) is 0 Å². The highest BCUT2D eigenvalue weighted by Gasteiger charge is 1.92. The van der Waals surface area contributed by atoms with E-state index in [4.69, 9.17) is 0 Å². The highest BCUT2D eigenvalue weighted by Crippen LogP contribution is 2.02. The summed E-state index contributed by atoms with van der Waals surface area (Å²) in [6.07, 6.45) is 5.23. The monoisotopic (exact) mass is 166 g/mol. The average Bonchev–Trinajstić information content (AvgIpc) is 2.16. The first-order chi connectivity index (χ1) is 5.76. The summed E-state index contributed by atoms with van der Waals surface area (Å²) in [6, 6.07) is 0. The zero-order chi connectivity index (χ0) is 9.98. The number of hydrazone groups is 1. The summed E-state index contributed by atoms with van der Waals surface area (Å²) in [5.74, 6) is 0. The Morgan fingerprint density at radius 1 is 1.42 bits per heavy atom. The van der Waals surface area contributed by atoms with Crippen LogP contribution in [0.15, 0.2) is 42.3 Å². The van der Waals surface area contributed by atoms with Crippen LogP contribution < -0.4 is 0 Å². The van der Waals surface area contributed by atoms with Gasteiger partial charge in [-0.05, 0) is 13.0 Å². The quantitative estimate of drug-likeness (QED) is 0.356. The molecule has 0 atom stereocenters. The molecule has 0 saturated heterocycles. The fourth-order valence-electron chi connectivity index (χ4n) is 0.468. The van der Waals surface area contributed by atoms with Gasteiger partial charge in [-0.3, -0.25) is 0 Å². The molecular formula is C10H18N2. The van der Waals surface area contributed by atoms with Crippen LogP contribution in [0.5, 0.6) is 0 Å². The van der Waals surface area contributed by atoms with Crippen molar-refractivity contribution in [3.8, 4) is 0 Å². The molecule has 0 spiro atoms. The van der Waals surface area contributed by atoms with Crippen LogP contribution in [0.25, 0.3) is 0 Å². The molecule has 68 valence electrons. The van der Waals surface area contributed by atoms with Crippen molar-refractivity contribution < 1.29 is 0 Å². The third kappa shape index (κ3) is 5.47. The van der Waals surface area contributed by atoms with Gasteiger partial charge in [0.15, 0.2) is 0 Å². The second-order valence-corrected chi connectivity index (χ2v) is 1.66. The molecule has 2 heteroatoms. The van der Waals surface area contributed by atoms with Gasteiger partial charge in [-0.2, -0.15) is 5.10 Å². The predicted octanol–water partition coefficient (Wildman–Crippen LogP) is 3.16. The molecule has 0 saturated carbocycles. The van der Waals surface area contributed by atoms with Gasteiger partial charge in [-0.1, -0.05) is 33.1 Å². The summed E-state index contributed by atoms with van der Waals surface area (Å²) in [6.45, 7) is 16.5. The summed E-state index contributed by atoms with van der Waals surface area (Å²) in [5, 5.41) is 5.22. The number of hydrogen-bond acceptors (Lipinski definition) is 2. The van der Waals surface area contributed by atoms with Gasteiger partial charge in [0.2, 0.25) is 0 Å². The van der Waals surface area contributed by atoms with E-state index in [2.05, 4.69) is 25.0 Å². The van der Waals surface area contributed by atoms with Gasteiger partial charge in [-0.25, -0.2) is 5.01 Å². The van der Waals surface area contributed by atoms with Crippen molar-refractivity contribution in [1.82, 2.24) is 5.01 Å². The second-order valence-electron chi connectivity index (χ2n) is 1.66. The molecule has 0 heterocycles. The van der Waals surface area contributed by atoms with Crippen LogP contribution in [-0.4, -0.2) is 11.7 Å². The summed E-state index contributed by atoms with van der Waals surface area (Å²) in [4.78, 5) is 0. The molecule has 0 amide bonds. The lowest BCUT2D eigenvalue weighted by Gasteiger charge is -2.11. The van der Waals surface area contributed by atoms with Crippen molar-refractivity contribution in [3.05, 3.63) is 37.2 Å². The van der Waals surface area contributed by atoms with E-state index in [1.165, 1.54) is 0 Å².